The summed E-state index contributed by atoms with van der Waals surface area (Å²) in [5.74, 6) is -5.58. The van der Waals surface area contributed by atoms with Gasteiger partial charge in [0.05, 0.1) is 48.1 Å². The average Bonchev–Trinajstić information content (AvgIpc) is 0.805. The summed E-state index contributed by atoms with van der Waals surface area (Å²) < 4.78 is 20.6. The molecule has 15 aromatic carbocycles. The summed E-state index contributed by atoms with van der Waals surface area (Å²) in [7, 11) is 2.73. The smallest absolute Gasteiger partial charge is 0.488 e. The quantitative estimate of drug-likeness (QED) is 0.0200. The number of Topliss-reactive ketones (excluding diaryl/α,β-unsaturated/α-hetero) is 6. The number of carbonyl (C=O) groups excluding carboxylic acids is 8. The van der Waals surface area contributed by atoms with E-state index in [-0.39, 0.29) is 60.1 Å². The molecule has 3 aliphatic rings. The number of anilines is 15. The largest absolute Gasteiger partial charge is 0.504 e. The van der Waals surface area contributed by atoms with Gasteiger partial charge in [-0.2, -0.15) is 0 Å². The van der Waals surface area contributed by atoms with Crippen molar-refractivity contribution >= 4 is 199 Å². The Morgan fingerprint density at radius 1 is 0.243 bits per heavy atom. The van der Waals surface area contributed by atoms with E-state index in [1.54, 1.807) is 43.3 Å². The Morgan fingerprint density at radius 2 is 0.429 bits per heavy atom. The summed E-state index contributed by atoms with van der Waals surface area (Å²) in [5, 5.41) is 40.7. The normalized spacial score (nSPS) is 12.8. The maximum Gasteiger partial charge on any atom is 0.488 e. The molecule has 694 valence electrons. The number of allylic oxidation sites excluding steroid dienone is 7. The number of ketones is 6. The minimum absolute atomic E-state index is 0.0270. The van der Waals surface area contributed by atoms with Crippen LogP contribution in [0.4, 0.5) is 85.3 Å². The second-order valence-electron chi connectivity index (χ2n) is 31.3. The van der Waals surface area contributed by atoms with E-state index in [0.29, 0.717) is 33.3 Å². The van der Waals surface area contributed by atoms with Crippen molar-refractivity contribution < 1.29 is 77.6 Å². The van der Waals surface area contributed by atoms with Gasteiger partial charge < -0.3 is 63.7 Å². The van der Waals surface area contributed by atoms with E-state index in [4.69, 9.17) is 14.2 Å². The molecule has 15 aromatic rings. The van der Waals surface area contributed by atoms with Gasteiger partial charge in [-0.05, 0) is 248 Å². The zero-order valence-corrected chi connectivity index (χ0v) is 79.8. The first-order valence-electron chi connectivity index (χ1n) is 44.1. The molecular formula is C116H92BBr2N5O16. The van der Waals surface area contributed by atoms with Crippen LogP contribution >= 0.6 is 31.9 Å². The molecular weight excluding hydrogens is 1890 g/mol. The van der Waals surface area contributed by atoms with Crippen LogP contribution in [-0.4, -0.2) is 95.3 Å². The second-order valence-corrected chi connectivity index (χ2v) is 32.9. The summed E-state index contributed by atoms with van der Waals surface area (Å²) in [6.07, 6.45) is 0. The minimum Gasteiger partial charge on any atom is -0.504 e. The molecule has 18 rings (SSSR count). The number of hydrogen-bond acceptors (Lipinski definition) is 21. The molecule has 4 N–H and O–H groups in total. The fourth-order valence-electron chi connectivity index (χ4n) is 15.8. The molecule has 24 heteroatoms. The van der Waals surface area contributed by atoms with Gasteiger partial charge in [0, 0.05) is 105 Å². The lowest BCUT2D eigenvalue weighted by Gasteiger charge is -2.27. The van der Waals surface area contributed by atoms with Crippen LogP contribution in [0.15, 0.2) is 468 Å². The van der Waals surface area contributed by atoms with Gasteiger partial charge >= 0.3 is 19.1 Å². The Labute approximate surface area is 827 Å². The van der Waals surface area contributed by atoms with E-state index in [1.165, 1.54) is 35.2 Å². The third kappa shape index (κ3) is 23.0. The standard InChI is InChI=1S/C44H34N2O4.C42H30N2O4.C18H16BNO2.C8H6Br2O3.C4H6O3/c1-49-43-39(31-23-27-37(28-24-31)45(33-15-7-3-8-16-33)34-17-9-4-10-18-34)42(48)44(50-2)40(41(43)47)32-25-29-38(30-26-32)46(35-19-11-5-12-20-35)36-21-13-6-14-22-36;45-39-37(29-21-25-35(26-22-29)43(31-13-5-1-6-14-31)32-15-7-2-8-16-32)40(46)42(48)38(41(39)47)30-23-27-36(28-24-30)44(33-17-9-3-10-18-33)34-19-11-4-12-20-34;21-19(22)15-11-13-18(14-12-15)20(16-7-3-1-4-8-16)17-9-5-2-6-10-17;1-3-4(9)7(12)8(13-2)5(10)6(3)11;1-3(5)7-4(2)6/h3-30H,1-2H3;1-28,45,48H;1-14,21-22H;1-2H3;1-2H3. The van der Waals surface area contributed by atoms with Gasteiger partial charge in [-0.15, -0.1) is 0 Å². The van der Waals surface area contributed by atoms with Crippen LogP contribution in [0.1, 0.15) is 43.0 Å². The molecule has 0 saturated heterocycles. The maximum absolute atomic E-state index is 14.2. The number of methoxy groups -OCH3 is 3. The van der Waals surface area contributed by atoms with Crippen molar-refractivity contribution in [3.8, 4) is 0 Å². The number of aliphatic hydroxyl groups is 2. The first-order valence-corrected chi connectivity index (χ1v) is 45.7. The van der Waals surface area contributed by atoms with Crippen LogP contribution in [0, 0.1) is 0 Å². The summed E-state index contributed by atoms with van der Waals surface area (Å²) in [4.78, 5) is 108. The van der Waals surface area contributed by atoms with Crippen LogP contribution in [0.25, 0.3) is 22.3 Å². The van der Waals surface area contributed by atoms with E-state index < -0.39 is 53.7 Å². The SMILES string of the molecule is CC(=O)OC(C)=O.COC1=C(Br)C(=O)C(C)=C(Br)C1=O.COC1=C(c2ccc(N(c3ccccc3)c3ccccc3)cc2)C(=O)C(OC)=C(c2ccc(N(c3ccccc3)c3ccccc3)cc2)C1=O.O=C1C(O)=C(c2ccc(N(c3ccccc3)c3ccccc3)cc2)C(=O)C(O)=C1c1ccc(N(c2ccccc2)c2ccccc2)cc1.OB(O)c1ccc(N(c2ccccc2)c2ccccc2)cc1. The number of para-hydroxylation sites is 10. The average molecular weight is 1980 g/mol. The number of aliphatic hydroxyl groups excluding tert-OH is 2. The summed E-state index contributed by atoms with van der Waals surface area (Å²) in [6, 6.07) is 136. The molecule has 0 atom stereocenters. The van der Waals surface area contributed by atoms with Crippen LogP contribution < -0.4 is 30.0 Å². The van der Waals surface area contributed by atoms with E-state index in [9.17, 15) is 58.6 Å². The molecule has 0 saturated carbocycles. The first kappa shape index (κ1) is 98.8. The van der Waals surface area contributed by atoms with Gasteiger partial charge in [0.25, 0.3) is 0 Å². The predicted octanol–water partition coefficient (Wildman–Crippen LogP) is 25.2. The van der Waals surface area contributed by atoms with Crippen LogP contribution in [0.3, 0.4) is 0 Å². The van der Waals surface area contributed by atoms with E-state index >= 15 is 0 Å². The highest BCUT2D eigenvalue weighted by molar-refractivity contribution is 9.12. The van der Waals surface area contributed by atoms with Gasteiger partial charge in [-0.1, -0.05) is 243 Å². The Bertz CT molecular complexity index is 6630. The van der Waals surface area contributed by atoms with Gasteiger partial charge in [0.15, 0.2) is 28.8 Å². The predicted molar refractivity (Wildman–Crippen MR) is 559 cm³/mol. The maximum atomic E-state index is 14.2. The summed E-state index contributed by atoms with van der Waals surface area (Å²) >= 11 is 6.06. The van der Waals surface area contributed by atoms with Gasteiger partial charge in [0.1, 0.15) is 4.48 Å². The number of esters is 2. The Balaban J connectivity index is 0.000000159. The molecule has 0 unspecified atom stereocenters. The summed E-state index contributed by atoms with van der Waals surface area (Å²) in [6.45, 7) is 3.95. The van der Waals surface area contributed by atoms with Crippen molar-refractivity contribution in [2.75, 3.05) is 45.8 Å². The molecule has 3 aliphatic carbocycles. The molecule has 140 heavy (non-hydrogen) atoms. The molecule has 0 radical (unpaired) electrons. The Kier molecular flexibility index (Phi) is 33.1. The Hall–Kier alpha value is -17.2. The molecule has 0 bridgehead atoms. The number of halogens is 2. The number of ether oxygens (including phenoxy) is 4. The molecule has 0 heterocycles. The van der Waals surface area contributed by atoms with Crippen molar-refractivity contribution in [3.05, 3.63) is 490 Å². The molecule has 0 aliphatic heterocycles. The van der Waals surface area contributed by atoms with Crippen LogP contribution in [0.2, 0.25) is 0 Å². The first-order chi connectivity index (χ1) is 68.0. The highest BCUT2D eigenvalue weighted by Crippen LogP contribution is 2.45. The molecule has 21 nitrogen and oxygen atoms in total. The molecule has 0 spiro atoms. The second kappa shape index (κ2) is 46.9. The van der Waals surface area contributed by atoms with Crippen molar-refractivity contribution in [1.82, 2.24) is 0 Å². The third-order valence-electron chi connectivity index (χ3n) is 22.3. The number of carbonyl (C=O) groups is 8. The van der Waals surface area contributed by atoms with Gasteiger partial charge in [-0.25, -0.2) is 0 Å². The van der Waals surface area contributed by atoms with Gasteiger partial charge in [-0.3, -0.25) is 38.4 Å². The van der Waals surface area contributed by atoms with Crippen LogP contribution in [0.5, 0.6) is 0 Å². The highest BCUT2D eigenvalue weighted by Gasteiger charge is 2.40. The topological polar surface area (TPSA) is 271 Å². The van der Waals surface area contributed by atoms with Crippen molar-refractivity contribution in [2.45, 2.75) is 20.8 Å². The Morgan fingerprint density at radius 3 is 0.607 bits per heavy atom. The zero-order valence-electron chi connectivity index (χ0n) is 76.7. The monoisotopic (exact) mass is 1980 g/mol. The number of benzene rings is 15. The molecule has 0 amide bonds. The third-order valence-corrected chi connectivity index (χ3v) is 24.0. The van der Waals surface area contributed by atoms with E-state index in [1.807, 2.05) is 388 Å². The number of rotatable bonds is 23. The van der Waals surface area contributed by atoms with Crippen molar-refractivity contribution in [2.24, 2.45) is 0 Å². The zero-order chi connectivity index (χ0) is 98.9. The van der Waals surface area contributed by atoms with Crippen molar-refractivity contribution in [1.29, 1.82) is 0 Å². The highest BCUT2D eigenvalue weighted by atomic mass is 79.9. The fourth-order valence-corrected chi connectivity index (χ4v) is 16.8. The number of nitrogens with zero attached hydrogens (tertiary/aromatic N) is 5. The number of hydrogen-bond donors (Lipinski definition) is 4. The molecule has 0 fully saturated rings. The minimum atomic E-state index is -1.45. The lowest BCUT2D eigenvalue weighted by Crippen LogP contribution is -2.29. The van der Waals surface area contributed by atoms with Crippen LogP contribution in [-0.2, 0) is 57.3 Å². The van der Waals surface area contributed by atoms with E-state index in [0.717, 1.165) is 85.3 Å². The summed E-state index contributed by atoms with van der Waals surface area (Å²) in [5.41, 5.74) is 16.6. The fraction of sp³-hybridized carbons (Fsp3) is 0.0517. The molecule has 0 aromatic heterocycles. The lowest BCUT2D eigenvalue weighted by molar-refractivity contribution is -0.156. The van der Waals surface area contributed by atoms with Crippen molar-refractivity contribution in [3.63, 3.8) is 0 Å². The van der Waals surface area contributed by atoms with Gasteiger partial charge in [0.2, 0.25) is 34.7 Å². The van der Waals surface area contributed by atoms with E-state index in [2.05, 4.69) is 61.1 Å². The lowest BCUT2D eigenvalue weighted by atomic mass is 9.80.